The minimum Gasteiger partial charge on any atom is -0.493 e. The van der Waals surface area contributed by atoms with Crippen LogP contribution in [-0.4, -0.2) is 53.8 Å². The zero-order chi connectivity index (χ0) is 23.6. The molecule has 33 heavy (non-hydrogen) atoms. The summed E-state index contributed by atoms with van der Waals surface area (Å²) in [6, 6.07) is 9.31. The molecule has 7 heteroatoms. The molecule has 0 N–H and O–H groups in total. The Morgan fingerprint density at radius 2 is 1.88 bits per heavy atom. The van der Waals surface area contributed by atoms with Crippen molar-refractivity contribution in [2.75, 3.05) is 20.2 Å². The summed E-state index contributed by atoms with van der Waals surface area (Å²) in [7, 11) is 1.59. The summed E-state index contributed by atoms with van der Waals surface area (Å²) in [5.41, 5.74) is 1.23. The number of nitrogens with zero attached hydrogens (tertiary/aromatic N) is 2. The van der Waals surface area contributed by atoms with Crippen LogP contribution < -0.4 is 14.2 Å². The molecule has 0 radical (unpaired) electrons. The molecule has 1 aromatic carbocycles. The molecule has 7 nitrogen and oxygen atoms in total. The summed E-state index contributed by atoms with van der Waals surface area (Å²) in [4.78, 5) is 19.6. The van der Waals surface area contributed by atoms with E-state index >= 15 is 0 Å². The lowest BCUT2D eigenvalue weighted by Gasteiger charge is -2.46. The number of piperidine rings is 1. The summed E-state index contributed by atoms with van der Waals surface area (Å²) in [6.07, 6.45) is 4.07. The molecule has 1 spiro atoms. The Bertz CT molecular complexity index is 982. The van der Waals surface area contributed by atoms with E-state index in [4.69, 9.17) is 18.9 Å². The molecule has 178 valence electrons. The largest absolute Gasteiger partial charge is 0.493 e. The third-order valence-electron chi connectivity index (χ3n) is 6.19. The molecular weight excluding hydrogens is 420 g/mol. The first kappa shape index (κ1) is 23.4. The Balaban J connectivity index is 1.47. The lowest BCUT2D eigenvalue weighted by molar-refractivity contribution is -0.0895. The average Bonchev–Trinajstić information content (AvgIpc) is 2.78. The number of pyridine rings is 1. The summed E-state index contributed by atoms with van der Waals surface area (Å²) >= 11 is 0. The topological polar surface area (TPSA) is 70.1 Å². The molecule has 2 aliphatic rings. The van der Waals surface area contributed by atoms with E-state index in [0.29, 0.717) is 36.0 Å². The van der Waals surface area contributed by atoms with Crippen LogP contribution in [0.15, 0.2) is 36.5 Å². The number of carbonyl (C=O) groups excluding carboxylic acids is 1. The molecule has 1 fully saturated rings. The van der Waals surface area contributed by atoms with Crippen LogP contribution in [0.3, 0.4) is 0 Å². The number of fused-ring (bicyclic) bond motifs is 1. The van der Waals surface area contributed by atoms with E-state index in [1.807, 2.05) is 44.7 Å². The van der Waals surface area contributed by atoms with Gasteiger partial charge >= 0.3 is 0 Å². The van der Waals surface area contributed by atoms with E-state index in [1.165, 1.54) is 0 Å². The van der Waals surface area contributed by atoms with Gasteiger partial charge in [0.1, 0.15) is 5.60 Å². The summed E-state index contributed by atoms with van der Waals surface area (Å²) in [6.45, 7) is 9.24. The number of rotatable bonds is 6. The van der Waals surface area contributed by atoms with Crippen LogP contribution in [0.2, 0.25) is 0 Å². The van der Waals surface area contributed by atoms with Gasteiger partial charge in [0.25, 0.3) is 5.91 Å². The maximum Gasteiger partial charge on any atom is 0.253 e. The van der Waals surface area contributed by atoms with Gasteiger partial charge in [0.05, 0.1) is 25.4 Å². The number of aromatic nitrogens is 1. The van der Waals surface area contributed by atoms with Crippen molar-refractivity contribution >= 4 is 5.91 Å². The smallest absolute Gasteiger partial charge is 0.253 e. The van der Waals surface area contributed by atoms with Gasteiger partial charge in [0.2, 0.25) is 5.88 Å². The van der Waals surface area contributed by atoms with Crippen molar-refractivity contribution in [3.63, 3.8) is 0 Å². The summed E-state index contributed by atoms with van der Waals surface area (Å²) in [5, 5.41) is 0. The third kappa shape index (κ3) is 5.08. The fraction of sp³-hybridized carbons (Fsp3) is 0.538. The predicted molar refractivity (Wildman–Crippen MR) is 125 cm³/mol. The molecule has 3 heterocycles. The van der Waals surface area contributed by atoms with E-state index in [-0.39, 0.29) is 29.8 Å². The van der Waals surface area contributed by atoms with Gasteiger partial charge in [-0.2, -0.15) is 0 Å². The van der Waals surface area contributed by atoms with Crippen molar-refractivity contribution in [3.05, 3.63) is 47.7 Å². The third-order valence-corrected chi connectivity index (χ3v) is 6.19. The lowest BCUT2D eigenvalue weighted by atomic mass is 9.82. The quantitative estimate of drug-likeness (QED) is 0.624. The molecule has 1 atom stereocenters. The highest BCUT2D eigenvalue weighted by atomic mass is 16.5. The van der Waals surface area contributed by atoms with Gasteiger partial charge in [-0.25, -0.2) is 4.98 Å². The van der Waals surface area contributed by atoms with Gasteiger partial charge in [0.15, 0.2) is 11.5 Å². The number of benzene rings is 1. The Morgan fingerprint density at radius 3 is 2.55 bits per heavy atom. The Morgan fingerprint density at radius 1 is 1.12 bits per heavy atom. The number of ether oxygens (including phenoxy) is 4. The molecule has 1 aromatic heterocycles. The van der Waals surface area contributed by atoms with Crippen LogP contribution in [-0.2, 0) is 4.74 Å². The maximum atomic E-state index is 13.2. The molecule has 1 amide bonds. The molecule has 2 aliphatic heterocycles. The number of hydrogen-bond acceptors (Lipinski definition) is 6. The molecule has 1 saturated heterocycles. The fourth-order valence-electron chi connectivity index (χ4n) is 4.64. The molecule has 2 aromatic rings. The first-order chi connectivity index (χ1) is 15.8. The monoisotopic (exact) mass is 454 g/mol. The van der Waals surface area contributed by atoms with E-state index in [2.05, 4.69) is 4.98 Å². The van der Waals surface area contributed by atoms with E-state index in [0.717, 1.165) is 24.8 Å². The van der Waals surface area contributed by atoms with Crippen LogP contribution in [0.4, 0.5) is 0 Å². The van der Waals surface area contributed by atoms with Crippen LogP contribution in [0.25, 0.3) is 0 Å². The van der Waals surface area contributed by atoms with Crippen LogP contribution >= 0.6 is 0 Å². The molecule has 4 rings (SSSR count). The number of carbonyl (C=O) groups is 1. The van der Waals surface area contributed by atoms with Gasteiger partial charge < -0.3 is 23.8 Å². The van der Waals surface area contributed by atoms with E-state index in [9.17, 15) is 4.79 Å². The van der Waals surface area contributed by atoms with Crippen LogP contribution in [0, 0.1) is 0 Å². The second-order valence-electron chi connectivity index (χ2n) is 9.38. The van der Waals surface area contributed by atoms with Crippen LogP contribution in [0.1, 0.15) is 69.0 Å². The Kier molecular flexibility index (Phi) is 6.79. The maximum absolute atomic E-state index is 13.2. The highest BCUT2D eigenvalue weighted by Gasteiger charge is 2.45. The number of likely N-dealkylation sites (tertiary alicyclic amines) is 1. The van der Waals surface area contributed by atoms with Gasteiger partial charge in [-0.3, -0.25) is 4.79 Å². The van der Waals surface area contributed by atoms with Crippen LogP contribution in [0.5, 0.6) is 17.4 Å². The molecular formula is C26H34N2O5. The van der Waals surface area contributed by atoms with Gasteiger partial charge in [-0.15, -0.1) is 0 Å². The standard InChI is InChI=1S/C26H34N2O5/c1-17(2)31-21-9-8-19(15-22(21)30-5)25(29)28-13-10-26(11-14-28)16-23(32-18(3)4)20-7-6-12-27-24(20)33-26/h6-9,12,15,17-18,23H,10-11,13-14,16H2,1-5H3. The van der Waals surface area contributed by atoms with E-state index in [1.54, 1.807) is 31.5 Å². The predicted octanol–water partition coefficient (Wildman–Crippen LogP) is 4.80. The van der Waals surface area contributed by atoms with Crippen molar-refractivity contribution in [3.8, 4) is 17.4 Å². The Labute approximate surface area is 196 Å². The zero-order valence-corrected chi connectivity index (χ0v) is 20.2. The van der Waals surface area contributed by atoms with Crippen molar-refractivity contribution in [1.29, 1.82) is 0 Å². The number of amides is 1. The highest BCUT2D eigenvalue weighted by Crippen LogP contribution is 2.45. The van der Waals surface area contributed by atoms with Crippen molar-refractivity contribution in [2.45, 2.75) is 70.9 Å². The number of hydrogen-bond donors (Lipinski definition) is 0. The SMILES string of the molecule is COc1cc(C(=O)N2CCC3(CC2)CC(OC(C)C)c2cccnc2O3)ccc1OC(C)C. The molecule has 0 bridgehead atoms. The highest BCUT2D eigenvalue weighted by molar-refractivity contribution is 5.95. The molecule has 0 saturated carbocycles. The fourth-order valence-corrected chi connectivity index (χ4v) is 4.64. The molecule has 0 aliphatic carbocycles. The normalized spacial score (nSPS) is 19.4. The van der Waals surface area contributed by atoms with Gasteiger partial charge in [-0.05, 0) is 58.0 Å². The number of methoxy groups -OCH3 is 1. The Hall–Kier alpha value is -2.80. The van der Waals surface area contributed by atoms with Crippen molar-refractivity contribution in [1.82, 2.24) is 9.88 Å². The van der Waals surface area contributed by atoms with Crippen molar-refractivity contribution in [2.24, 2.45) is 0 Å². The summed E-state index contributed by atoms with van der Waals surface area (Å²) < 4.78 is 23.9. The molecule has 1 unspecified atom stereocenters. The lowest BCUT2D eigenvalue weighted by Crippen LogP contribution is -2.52. The van der Waals surface area contributed by atoms with Gasteiger partial charge in [0, 0.05) is 49.7 Å². The zero-order valence-electron chi connectivity index (χ0n) is 20.2. The second kappa shape index (κ2) is 9.59. The minimum atomic E-state index is -0.371. The van der Waals surface area contributed by atoms with Crippen molar-refractivity contribution < 1.29 is 23.7 Å². The summed E-state index contributed by atoms with van der Waals surface area (Å²) in [5.74, 6) is 1.85. The average molecular weight is 455 g/mol. The second-order valence-corrected chi connectivity index (χ2v) is 9.38. The first-order valence-corrected chi connectivity index (χ1v) is 11.7. The minimum absolute atomic E-state index is 0.0106. The van der Waals surface area contributed by atoms with E-state index < -0.39 is 0 Å². The first-order valence-electron chi connectivity index (χ1n) is 11.7. The van der Waals surface area contributed by atoms with Gasteiger partial charge in [-0.1, -0.05) is 0 Å².